The predicted octanol–water partition coefficient (Wildman–Crippen LogP) is 2.63. The standard InChI is InChI=1S/C14H17N3O3/c18-12(16-11-3-1-2-8-15-11)20-13(19)17-9-6-14(4-5-14)7-10-17/h1-3,8H,4-7,9-10H2,(H,15,16,18). The summed E-state index contributed by atoms with van der Waals surface area (Å²) in [5, 5.41) is 2.42. The van der Waals surface area contributed by atoms with E-state index in [1.165, 1.54) is 12.8 Å². The van der Waals surface area contributed by atoms with Gasteiger partial charge in [-0.3, -0.25) is 5.32 Å². The third-order valence-corrected chi connectivity index (χ3v) is 4.11. The second kappa shape index (κ2) is 5.11. The first-order valence-electron chi connectivity index (χ1n) is 6.86. The zero-order valence-electron chi connectivity index (χ0n) is 11.2. The topological polar surface area (TPSA) is 71.5 Å². The molecular formula is C14H17N3O3. The first kappa shape index (κ1) is 12.9. The molecule has 2 heterocycles. The summed E-state index contributed by atoms with van der Waals surface area (Å²) in [5.41, 5.74) is 0.493. The highest BCUT2D eigenvalue weighted by Crippen LogP contribution is 2.53. The van der Waals surface area contributed by atoms with Crippen LogP contribution in [0.4, 0.5) is 15.4 Å². The molecule has 2 aliphatic rings. The fraction of sp³-hybridized carbons (Fsp3) is 0.500. The van der Waals surface area contributed by atoms with Crippen molar-refractivity contribution in [1.29, 1.82) is 0 Å². The van der Waals surface area contributed by atoms with Gasteiger partial charge < -0.3 is 9.64 Å². The van der Waals surface area contributed by atoms with Gasteiger partial charge in [-0.15, -0.1) is 0 Å². The van der Waals surface area contributed by atoms with E-state index in [1.807, 2.05) is 0 Å². The minimum absolute atomic E-state index is 0.362. The quantitative estimate of drug-likeness (QED) is 0.800. The van der Waals surface area contributed by atoms with E-state index in [0.29, 0.717) is 24.3 Å². The van der Waals surface area contributed by atoms with Crippen molar-refractivity contribution in [1.82, 2.24) is 9.88 Å². The molecule has 1 aromatic rings. The van der Waals surface area contributed by atoms with Crippen LogP contribution in [0.1, 0.15) is 25.7 Å². The van der Waals surface area contributed by atoms with Gasteiger partial charge >= 0.3 is 12.2 Å². The lowest BCUT2D eigenvalue weighted by atomic mass is 9.94. The minimum Gasteiger partial charge on any atom is -0.359 e. The van der Waals surface area contributed by atoms with Crippen LogP contribution in [-0.4, -0.2) is 35.2 Å². The lowest BCUT2D eigenvalue weighted by Gasteiger charge is -2.30. The van der Waals surface area contributed by atoms with Crippen molar-refractivity contribution in [3.8, 4) is 0 Å². The van der Waals surface area contributed by atoms with E-state index < -0.39 is 12.2 Å². The smallest absolute Gasteiger partial charge is 0.359 e. The summed E-state index contributed by atoms with van der Waals surface area (Å²) in [5.74, 6) is 0.362. The van der Waals surface area contributed by atoms with Crippen molar-refractivity contribution >= 4 is 18.0 Å². The number of hydrogen-bond donors (Lipinski definition) is 1. The third kappa shape index (κ3) is 2.89. The van der Waals surface area contributed by atoms with Crippen LogP contribution in [0.15, 0.2) is 24.4 Å². The summed E-state index contributed by atoms with van der Waals surface area (Å²) in [4.78, 5) is 29.0. The Hall–Kier alpha value is -2.11. The molecular weight excluding hydrogens is 258 g/mol. The summed E-state index contributed by atoms with van der Waals surface area (Å²) in [6, 6.07) is 5.11. The van der Waals surface area contributed by atoms with Crippen LogP contribution in [0.5, 0.6) is 0 Å². The van der Waals surface area contributed by atoms with E-state index in [-0.39, 0.29) is 0 Å². The maximum Gasteiger partial charge on any atom is 0.421 e. The predicted molar refractivity (Wildman–Crippen MR) is 72.2 cm³/mol. The van der Waals surface area contributed by atoms with E-state index in [9.17, 15) is 9.59 Å². The zero-order valence-corrected chi connectivity index (χ0v) is 11.2. The average Bonchev–Trinajstić information content (AvgIpc) is 3.20. The van der Waals surface area contributed by atoms with Crippen LogP contribution < -0.4 is 5.32 Å². The van der Waals surface area contributed by atoms with Gasteiger partial charge in [-0.2, -0.15) is 0 Å². The highest BCUT2D eigenvalue weighted by Gasteiger charge is 2.45. The Morgan fingerprint density at radius 3 is 2.55 bits per heavy atom. The van der Waals surface area contributed by atoms with Crippen molar-refractivity contribution in [2.75, 3.05) is 18.4 Å². The second-order valence-electron chi connectivity index (χ2n) is 5.48. The first-order chi connectivity index (χ1) is 9.67. The lowest BCUT2D eigenvalue weighted by Crippen LogP contribution is -2.40. The molecule has 6 nitrogen and oxygen atoms in total. The molecule has 1 saturated heterocycles. The summed E-state index contributed by atoms with van der Waals surface area (Å²) < 4.78 is 4.78. The maximum atomic E-state index is 11.9. The SMILES string of the molecule is O=C(Nc1ccccn1)OC(=O)N1CCC2(CC1)CC2. The highest BCUT2D eigenvalue weighted by molar-refractivity contribution is 5.91. The third-order valence-electron chi connectivity index (χ3n) is 4.11. The van der Waals surface area contributed by atoms with Crippen LogP contribution in [0.25, 0.3) is 0 Å². The molecule has 0 bridgehead atoms. The number of anilines is 1. The number of likely N-dealkylation sites (tertiary alicyclic amines) is 1. The molecule has 1 saturated carbocycles. The van der Waals surface area contributed by atoms with Crippen molar-refractivity contribution in [2.24, 2.45) is 5.41 Å². The number of nitrogens with one attached hydrogen (secondary N) is 1. The first-order valence-corrected chi connectivity index (χ1v) is 6.86. The van der Waals surface area contributed by atoms with Crippen molar-refractivity contribution in [3.05, 3.63) is 24.4 Å². The van der Waals surface area contributed by atoms with Crippen LogP contribution in [-0.2, 0) is 4.74 Å². The molecule has 2 fully saturated rings. The molecule has 1 aliphatic carbocycles. The number of rotatable bonds is 1. The summed E-state index contributed by atoms with van der Waals surface area (Å²) in [6.07, 6.45) is 4.77. The van der Waals surface area contributed by atoms with Gasteiger partial charge in [0, 0.05) is 19.3 Å². The normalized spacial score (nSPS) is 19.5. The zero-order chi connectivity index (χ0) is 14.0. The Kier molecular flexibility index (Phi) is 3.30. The number of amides is 2. The average molecular weight is 275 g/mol. The van der Waals surface area contributed by atoms with Crippen LogP contribution in [0, 0.1) is 5.41 Å². The van der Waals surface area contributed by atoms with Gasteiger partial charge in [0.2, 0.25) is 0 Å². The molecule has 0 radical (unpaired) electrons. The Bertz CT molecular complexity index is 504. The molecule has 1 spiro atoms. The van der Waals surface area contributed by atoms with E-state index >= 15 is 0 Å². The van der Waals surface area contributed by atoms with Gasteiger partial charge in [-0.1, -0.05) is 6.07 Å². The molecule has 0 atom stereocenters. The van der Waals surface area contributed by atoms with Crippen LogP contribution in [0.2, 0.25) is 0 Å². The van der Waals surface area contributed by atoms with Crippen molar-refractivity contribution < 1.29 is 14.3 Å². The van der Waals surface area contributed by atoms with Crippen molar-refractivity contribution in [3.63, 3.8) is 0 Å². The number of ether oxygens (including phenoxy) is 1. The largest absolute Gasteiger partial charge is 0.421 e. The fourth-order valence-electron chi connectivity index (χ4n) is 2.55. The Morgan fingerprint density at radius 1 is 1.20 bits per heavy atom. The maximum absolute atomic E-state index is 11.9. The lowest BCUT2D eigenvalue weighted by molar-refractivity contribution is 0.106. The van der Waals surface area contributed by atoms with Gasteiger partial charge in [0.05, 0.1) is 0 Å². The molecule has 20 heavy (non-hydrogen) atoms. The monoisotopic (exact) mass is 275 g/mol. The molecule has 2 amide bonds. The van der Waals surface area contributed by atoms with Crippen LogP contribution >= 0.6 is 0 Å². The summed E-state index contributed by atoms with van der Waals surface area (Å²) >= 11 is 0. The van der Waals surface area contributed by atoms with Crippen molar-refractivity contribution in [2.45, 2.75) is 25.7 Å². The molecule has 1 N–H and O–H groups in total. The van der Waals surface area contributed by atoms with Gasteiger partial charge in [0.1, 0.15) is 5.82 Å². The van der Waals surface area contributed by atoms with Gasteiger partial charge in [0.25, 0.3) is 0 Å². The number of nitrogens with zero attached hydrogens (tertiary/aromatic N) is 2. The fourth-order valence-corrected chi connectivity index (χ4v) is 2.55. The Morgan fingerprint density at radius 2 is 1.95 bits per heavy atom. The van der Waals surface area contributed by atoms with E-state index in [0.717, 1.165) is 12.8 Å². The highest BCUT2D eigenvalue weighted by atomic mass is 16.6. The molecule has 6 heteroatoms. The van der Waals surface area contributed by atoms with Gasteiger partial charge in [-0.25, -0.2) is 14.6 Å². The van der Waals surface area contributed by atoms with Gasteiger partial charge in [-0.05, 0) is 43.2 Å². The number of carbonyl (C=O) groups is 2. The molecule has 0 unspecified atom stereocenters. The summed E-state index contributed by atoms with van der Waals surface area (Å²) in [6.45, 7) is 1.35. The number of aromatic nitrogens is 1. The Labute approximate surface area is 117 Å². The molecule has 106 valence electrons. The number of pyridine rings is 1. The molecule has 0 aromatic carbocycles. The van der Waals surface area contributed by atoms with Gasteiger partial charge in [0.15, 0.2) is 0 Å². The van der Waals surface area contributed by atoms with Crippen LogP contribution in [0.3, 0.4) is 0 Å². The van der Waals surface area contributed by atoms with E-state index in [1.54, 1.807) is 29.3 Å². The molecule has 1 aliphatic heterocycles. The summed E-state index contributed by atoms with van der Waals surface area (Å²) in [7, 11) is 0. The van der Waals surface area contributed by atoms with E-state index in [4.69, 9.17) is 4.74 Å². The minimum atomic E-state index is -0.791. The Balaban J connectivity index is 1.47. The number of piperidine rings is 1. The molecule has 3 rings (SSSR count). The molecule has 1 aromatic heterocycles. The second-order valence-corrected chi connectivity index (χ2v) is 5.48. The number of carbonyl (C=O) groups excluding carboxylic acids is 2. The number of hydrogen-bond acceptors (Lipinski definition) is 4. The van der Waals surface area contributed by atoms with E-state index in [2.05, 4.69) is 10.3 Å².